The minimum atomic E-state index is 0.541. The molecular formula is C14H12BrClO. The molecule has 0 saturated heterocycles. The second-order valence-corrected chi connectivity index (χ2v) is 5.12. The van der Waals surface area contributed by atoms with Crippen LogP contribution in [0, 0.1) is 6.92 Å². The van der Waals surface area contributed by atoms with E-state index in [2.05, 4.69) is 41.1 Å². The highest BCUT2D eigenvalue weighted by atomic mass is 79.9. The third-order valence-corrected chi connectivity index (χ3v) is 3.53. The fourth-order valence-electron chi connectivity index (χ4n) is 1.45. The molecule has 0 unspecified atom stereocenters. The van der Waals surface area contributed by atoms with Crippen molar-refractivity contribution in [3.05, 3.63) is 63.1 Å². The molecule has 0 radical (unpaired) electrons. The van der Waals surface area contributed by atoms with Crippen LogP contribution in [0.5, 0.6) is 5.75 Å². The molecule has 0 aliphatic carbocycles. The monoisotopic (exact) mass is 310 g/mol. The second kappa shape index (κ2) is 5.56. The molecule has 0 N–H and O–H groups in total. The molecular weight excluding hydrogens is 300 g/mol. The van der Waals surface area contributed by atoms with Crippen LogP contribution in [0.4, 0.5) is 0 Å². The van der Waals surface area contributed by atoms with Crippen molar-refractivity contribution in [3.8, 4) is 5.75 Å². The number of hydrogen-bond donors (Lipinski definition) is 0. The lowest BCUT2D eigenvalue weighted by atomic mass is 10.2. The van der Waals surface area contributed by atoms with E-state index < -0.39 is 0 Å². The van der Waals surface area contributed by atoms with Crippen molar-refractivity contribution in [1.82, 2.24) is 0 Å². The lowest BCUT2D eigenvalue weighted by Crippen LogP contribution is -1.95. The average molecular weight is 312 g/mol. The van der Waals surface area contributed by atoms with Gasteiger partial charge in [0.25, 0.3) is 0 Å². The van der Waals surface area contributed by atoms with Gasteiger partial charge in [-0.15, -0.1) is 0 Å². The Hall–Kier alpha value is -0.990. The van der Waals surface area contributed by atoms with Crippen molar-refractivity contribution < 1.29 is 4.74 Å². The molecule has 0 aliphatic rings. The van der Waals surface area contributed by atoms with E-state index in [1.54, 1.807) is 0 Å². The van der Waals surface area contributed by atoms with E-state index >= 15 is 0 Å². The minimum absolute atomic E-state index is 0.541. The Morgan fingerprint density at radius 2 is 2.00 bits per heavy atom. The van der Waals surface area contributed by atoms with E-state index in [1.165, 1.54) is 5.56 Å². The van der Waals surface area contributed by atoms with E-state index in [9.17, 15) is 0 Å². The van der Waals surface area contributed by atoms with Crippen LogP contribution in [0.25, 0.3) is 0 Å². The van der Waals surface area contributed by atoms with E-state index in [4.69, 9.17) is 16.3 Å². The van der Waals surface area contributed by atoms with Gasteiger partial charge in [0.05, 0.1) is 0 Å². The summed E-state index contributed by atoms with van der Waals surface area (Å²) < 4.78 is 6.76. The van der Waals surface area contributed by atoms with Crippen LogP contribution in [-0.2, 0) is 6.61 Å². The van der Waals surface area contributed by atoms with Crippen molar-refractivity contribution in [2.75, 3.05) is 0 Å². The van der Waals surface area contributed by atoms with Gasteiger partial charge in [0.1, 0.15) is 12.4 Å². The Morgan fingerprint density at radius 3 is 2.71 bits per heavy atom. The zero-order chi connectivity index (χ0) is 12.3. The van der Waals surface area contributed by atoms with Gasteiger partial charge in [0.15, 0.2) is 0 Å². The largest absolute Gasteiger partial charge is 0.489 e. The molecule has 0 spiro atoms. The maximum Gasteiger partial charge on any atom is 0.121 e. The standard InChI is InChI=1S/C14H12BrClO/c1-10-5-6-11(7-14(10)15)9-17-13-4-2-3-12(16)8-13/h2-8H,9H2,1H3. The molecule has 0 fully saturated rings. The van der Waals surface area contributed by atoms with Crippen LogP contribution in [-0.4, -0.2) is 0 Å². The van der Waals surface area contributed by atoms with Gasteiger partial charge in [-0.25, -0.2) is 0 Å². The summed E-state index contributed by atoms with van der Waals surface area (Å²) in [5.74, 6) is 0.786. The predicted molar refractivity (Wildman–Crippen MR) is 74.7 cm³/mol. The summed E-state index contributed by atoms with van der Waals surface area (Å²) in [6.07, 6.45) is 0. The molecule has 2 rings (SSSR count). The number of hydrogen-bond acceptors (Lipinski definition) is 1. The number of rotatable bonds is 3. The Kier molecular flexibility index (Phi) is 4.08. The van der Waals surface area contributed by atoms with Gasteiger partial charge in [-0.1, -0.05) is 45.7 Å². The fourth-order valence-corrected chi connectivity index (χ4v) is 2.06. The van der Waals surface area contributed by atoms with Crippen LogP contribution in [0.15, 0.2) is 46.9 Å². The average Bonchev–Trinajstić information content (AvgIpc) is 2.31. The number of ether oxygens (including phenoxy) is 1. The molecule has 0 aromatic heterocycles. The molecule has 3 heteroatoms. The van der Waals surface area contributed by atoms with E-state index in [-0.39, 0.29) is 0 Å². The Morgan fingerprint density at radius 1 is 1.18 bits per heavy atom. The first kappa shape index (κ1) is 12.5. The molecule has 2 aromatic carbocycles. The maximum absolute atomic E-state index is 5.89. The third kappa shape index (κ3) is 3.48. The van der Waals surface area contributed by atoms with Gasteiger partial charge in [-0.3, -0.25) is 0 Å². The van der Waals surface area contributed by atoms with Gasteiger partial charge in [-0.05, 0) is 42.3 Å². The topological polar surface area (TPSA) is 9.23 Å². The first-order chi connectivity index (χ1) is 8.15. The van der Waals surface area contributed by atoms with Crippen molar-refractivity contribution >= 4 is 27.5 Å². The molecule has 0 amide bonds. The number of aryl methyl sites for hydroxylation is 1. The molecule has 0 bridgehead atoms. The highest BCUT2D eigenvalue weighted by molar-refractivity contribution is 9.10. The molecule has 2 aromatic rings. The van der Waals surface area contributed by atoms with E-state index in [1.807, 2.05) is 24.3 Å². The predicted octanol–water partition coefficient (Wildman–Crippen LogP) is 4.99. The third-order valence-electron chi connectivity index (χ3n) is 2.44. The van der Waals surface area contributed by atoms with Crippen LogP contribution >= 0.6 is 27.5 Å². The van der Waals surface area contributed by atoms with Gasteiger partial charge >= 0.3 is 0 Å². The zero-order valence-electron chi connectivity index (χ0n) is 9.41. The first-order valence-corrected chi connectivity index (χ1v) is 6.45. The summed E-state index contributed by atoms with van der Waals surface area (Å²) in [5, 5.41) is 0.688. The highest BCUT2D eigenvalue weighted by Crippen LogP contribution is 2.21. The first-order valence-electron chi connectivity index (χ1n) is 5.28. The number of halogens is 2. The Labute approximate surface area is 115 Å². The second-order valence-electron chi connectivity index (χ2n) is 3.83. The summed E-state index contributed by atoms with van der Waals surface area (Å²) in [5.41, 5.74) is 2.35. The Bertz CT molecular complexity index is 525. The quantitative estimate of drug-likeness (QED) is 0.776. The maximum atomic E-state index is 5.89. The van der Waals surface area contributed by atoms with E-state index in [0.29, 0.717) is 11.6 Å². The van der Waals surface area contributed by atoms with Crippen molar-refractivity contribution in [2.45, 2.75) is 13.5 Å². The summed E-state index contributed by atoms with van der Waals surface area (Å²) in [7, 11) is 0. The molecule has 0 atom stereocenters. The molecule has 88 valence electrons. The van der Waals surface area contributed by atoms with Crippen LogP contribution in [0.2, 0.25) is 5.02 Å². The summed E-state index contributed by atoms with van der Waals surface area (Å²) in [4.78, 5) is 0. The molecule has 0 aliphatic heterocycles. The molecule has 17 heavy (non-hydrogen) atoms. The van der Waals surface area contributed by atoms with Crippen molar-refractivity contribution in [1.29, 1.82) is 0 Å². The zero-order valence-corrected chi connectivity index (χ0v) is 11.8. The highest BCUT2D eigenvalue weighted by Gasteiger charge is 1.99. The van der Waals surface area contributed by atoms with Crippen molar-refractivity contribution in [3.63, 3.8) is 0 Å². The molecule has 0 heterocycles. The fraction of sp³-hybridized carbons (Fsp3) is 0.143. The summed E-state index contributed by atoms with van der Waals surface area (Å²) in [6, 6.07) is 13.6. The van der Waals surface area contributed by atoms with Gasteiger partial charge < -0.3 is 4.74 Å². The molecule has 1 nitrogen and oxygen atoms in total. The van der Waals surface area contributed by atoms with Crippen LogP contribution in [0.3, 0.4) is 0 Å². The number of benzene rings is 2. The van der Waals surface area contributed by atoms with E-state index in [0.717, 1.165) is 15.8 Å². The minimum Gasteiger partial charge on any atom is -0.489 e. The smallest absolute Gasteiger partial charge is 0.121 e. The normalized spacial score (nSPS) is 10.3. The lowest BCUT2D eigenvalue weighted by molar-refractivity contribution is 0.306. The van der Waals surface area contributed by atoms with Crippen LogP contribution < -0.4 is 4.74 Å². The summed E-state index contributed by atoms with van der Waals surface area (Å²) >= 11 is 9.39. The lowest BCUT2D eigenvalue weighted by Gasteiger charge is -2.07. The van der Waals surface area contributed by atoms with Gasteiger partial charge in [0, 0.05) is 9.50 Å². The molecule has 0 saturated carbocycles. The SMILES string of the molecule is Cc1ccc(COc2cccc(Cl)c2)cc1Br. The Balaban J connectivity index is 2.05. The van der Waals surface area contributed by atoms with Crippen LogP contribution in [0.1, 0.15) is 11.1 Å². The van der Waals surface area contributed by atoms with Gasteiger partial charge in [-0.2, -0.15) is 0 Å². The van der Waals surface area contributed by atoms with Gasteiger partial charge in [0.2, 0.25) is 0 Å². The summed E-state index contributed by atoms with van der Waals surface area (Å²) in [6.45, 7) is 2.60. The van der Waals surface area contributed by atoms with Crippen molar-refractivity contribution in [2.24, 2.45) is 0 Å².